The van der Waals surface area contributed by atoms with E-state index >= 15 is 0 Å². The molecular weight excluding hydrogens is 901 g/mol. The Morgan fingerprint density at radius 3 is 0.918 bits per heavy atom. The van der Waals surface area contributed by atoms with E-state index in [1.54, 1.807) is 0 Å². The van der Waals surface area contributed by atoms with Gasteiger partial charge in [-0.05, 0) is 83.5 Å². The molecule has 0 aliphatic rings. The molecule has 0 bridgehead atoms. The van der Waals surface area contributed by atoms with Crippen LogP contribution < -0.4 is 0 Å². The summed E-state index contributed by atoms with van der Waals surface area (Å²) in [5, 5.41) is 0. The first kappa shape index (κ1) is 69.6. The van der Waals surface area contributed by atoms with Gasteiger partial charge >= 0.3 is 17.9 Å². The van der Waals surface area contributed by atoms with Crippen molar-refractivity contribution in [2.24, 2.45) is 0 Å². The Hall–Kier alpha value is -3.41. The Kier molecular flexibility index (Phi) is 58.3. The monoisotopic (exact) mass is 1020 g/mol. The summed E-state index contributed by atoms with van der Waals surface area (Å²) in [5.41, 5.74) is 0. The molecule has 420 valence electrons. The Bertz CT molecular complexity index is 1400. The molecule has 0 aromatic heterocycles. The van der Waals surface area contributed by atoms with E-state index in [9.17, 15) is 14.4 Å². The Balaban J connectivity index is 4.46. The van der Waals surface area contributed by atoms with Crippen LogP contribution in [-0.2, 0) is 28.6 Å². The highest BCUT2D eigenvalue weighted by Gasteiger charge is 2.19. The Labute approximate surface area is 452 Å². The van der Waals surface area contributed by atoms with Gasteiger partial charge < -0.3 is 14.2 Å². The topological polar surface area (TPSA) is 78.9 Å². The molecule has 73 heavy (non-hydrogen) atoms. The van der Waals surface area contributed by atoms with Crippen LogP contribution in [0.25, 0.3) is 0 Å². The molecule has 0 N–H and O–H groups in total. The summed E-state index contributed by atoms with van der Waals surface area (Å²) in [4.78, 5) is 38.3. The molecule has 0 rings (SSSR count). The van der Waals surface area contributed by atoms with Gasteiger partial charge in [-0.25, -0.2) is 0 Å². The first-order valence-electron chi connectivity index (χ1n) is 31.1. The molecule has 1 atom stereocenters. The van der Waals surface area contributed by atoms with E-state index in [1.165, 1.54) is 180 Å². The number of carbonyl (C=O) groups is 3. The molecule has 0 saturated carbocycles. The molecule has 6 heteroatoms. The second kappa shape index (κ2) is 61.1. The quantitative estimate of drug-likeness (QED) is 0.0261. The molecule has 0 amide bonds. The third-order valence-electron chi connectivity index (χ3n) is 13.4. The van der Waals surface area contributed by atoms with Gasteiger partial charge in [-0.15, -0.1) is 0 Å². The van der Waals surface area contributed by atoms with Gasteiger partial charge in [-0.1, -0.05) is 286 Å². The zero-order valence-electron chi connectivity index (χ0n) is 48.1. The lowest BCUT2D eigenvalue weighted by Gasteiger charge is -2.18. The highest BCUT2D eigenvalue weighted by molar-refractivity contribution is 5.71. The van der Waals surface area contributed by atoms with Crippen molar-refractivity contribution >= 4 is 17.9 Å². The Morgan fingerprint density at radius 2 is 0.562 bits per heavy atom. The number of hydrogen-bond acceptors (Lipinski definition) is 6. The number of ether oxygens (including phenoxy) is 3. The second-order valence-corrected chi connectivity index (χ2v) is 20.6. The zero-order valence-corrected chi connectivity index (χ0v) is 48.1. The maximum Gasteiger partial charge on any atom is 0.306 e. The third kappa shape index (κ3) is 59.3. The number of unbranched alkanes of at least 4 members (excludes halogenated alkanes) is 31. The molecule has 0 heterocycles. The van der Waals surface area contributed by atoms with Crippen molar-refractivity contribution in [3.8, 4) is 0 Å². The minimum atomic E-state index is -0.807. The lowest BCUT2D eigenvalue weighted by Crippen LogP contribution is -2.30. The molecule has 0 spiro atoms. The van der Waals surface area contributed by atoms with Gasteiger partial charge in [0.15, 0.2) is 6.10 Å². The van der Waals surface area contributed by atoms with Crippen LogP contribution in [0.15, 0.2) is 85.1 Å². The van der Waals surface area contributed by atoms with E-state index in [2.05, 4.69) is 99.8 Å². The summed E-state index contributed by atoms with van der Waals surface area (Å²) >= 11 is 0. The van der Waals surface area contributed by atoms with E-state index in [0.717, 1.165) is 77.0 Å². The highest BCUT2D eigenvalue weighted by atomic mass is 16.6. The summed E-state index contributed by atoms with van der Waals surface area (Å²) < 4.78 is 16.9. The standard InChI is InChI=1S/C67H116O6/c1-4-7-10-13-16-19-22-25-28-31-33-36-38-41-44-47-50-53-56-59-65(68)71-62-64(73-67(70)61-58-55-52-49-46-43-40-35-30-27-24-21-18-15-12-9-6-3)63-72-66(69)60-57-54-51-48-45-42-39-37-34-32-29-26-23-20-17-14-11-8-5-2/h7,10,16,19,25-26,28-29,33,36,41,44,50,53,64H,4-6,8-9,11-15,17-18,20-24,27,30-32,34-35,37-40,42-43,45-49,51-52,54-63H2,1-3H3/b10-7-,19-16-,28-25-,29-26-,36-33-,44-41-,53-50-/t64-/m1/s1. The molecule has 0 radical (unpaired) electrons. The molecule has 0 unspecified atom stereocenters. The fourth-order valence-corrected chi connectivity index (χ4v) is 8.76. The van der Waals surface area contributed by atoms with E-state index < -0.39 is 6.10 Å². The number of carbonyl (C=O) groups excluding carboxylic acids is 3. The largest absolute Gasteiger partial charge is 0.462 e. The summed E-state index contributed by atoms with van der Waals surface area (Å²) in [5.74, 6) is -0.975. The van der Waals surface area contributed by atoms with Crippen LogP contribution in [0.1, 0.15) is 303 Å². The summed E-state index contributed by atoms with van der Waals surface area (Å²) in [6.07, 6.45) is 80.2. The summed E-state index contributed by atoms with van der Waals surface area (Å²) in [7, 11) is 0. The van der Waals surface area contributed by atoms with Gasteiger partial charge in [0, 0.05) is 19.3 Å². The second-order valence-electron chi connectivity index (χ2n) is 20.6. The van der Waals surface area contributed by atoms with Crippen LogP contribution in [0.2, 0.25) is 0 Å². The smallest absolute Gasteiger partial charge is 0.306 e. The van der Waals surface area contributed by atoms with Gasteiger partial charge in [0.1, 0.15) is 13.2 Å². The van der Waals surface area contributed by atoms with Crippen LogP contribution in [0, 0.1) is 0 Å². The molecule has 6 nitrogen and oxygen atoms in total. The predicted molar refractivity (Wildman–Crippen MR) is 316 cm³/mol. The maximum atomic E-state index is 12.9. The van der Waals surface area contributed by atoms with Crippen molar-refractivity contribution in [3.63, 3.8) is 0 Å². The first-order valence-corrected chi connectivity index (χ1v) is 31.1. The highest BCUT2D eigenvalue weighted by Crippen LogP contribution is 2.16. The van der Waals surface area contributed by atoms with Crippen LogP contribution in [-0.4, -0.2) is 37.2 Å². The zero-order chi connectivity index (χ0) is 52.9. The van der Waals surface area contributed by atoms with Crippen molar-refractivity contribution in [1.82, 2.24) is 0 Å². The van der Waals surface area contributed by atoms with Gasteiger partial charge in [-0.3, -0.25) is 14.4 Å². The van der Waals surface area contributed by atoms with Crippen LogP contribution in [0.4, 0.5) is 0 Å². The van der Waals surface area contributed by atoms with Gasteiger partial charge in [0.25, 0.3) is 0 Å². The van der Waals surface area contributed by atoms with Crippen molar-refractivity contribution in [2.45, 2.75) is 309 Å². The Morgan fingerprint density at radius 1 is 0.288 bits per heavy atom. The van der Waals surface area contributed by atoms with E-state index in [1.807, 2.05) is 6.08 Å². The molecule has 0 saturated heterocycles. The molecule has 0 aromatic carbocycles. The summed E-state index contributed by atoms with van der Waals surface area (Å²) in [6.45, 7) is 6.49. The van der Waals surface area contributed by atoms with E-state index in [-0.39, 0.29) is 37.5 Å². The van der Waals surface area contributed by atoms with E-state index in [4.69, 9.17) is 14.2 Å². The average Bonchev–Trinajstić information content (AvgIpc) is 3.39. The fourth-order valence-electron chi connectivity index (χ4n) is 8.76. The minimum absolute atomic E-state index is 0.0982. The predicted octanol–water partition coefficient (Wildman–Crippen LogP) is 21.1. The SMILES string of the molecule is CC/C=C\C/C=C\C/C=C\C/C=C\C/C=C\C/C=C\CCC(=O)OC[C@H](COC(=O)CCCCCCCCCCC/C=C\CCCCCCCC)OC(=O)CCCCCCCCCCCCCCCCCCC. The number of allylic oxidation sites excluding steroid dienone is 14. The molecule has 0 fully saturated rings. The average molecular weight is 1020 g/mol. The van der Waals surface area contributed by atoms with Crippen LogP contribution >= 0.6 is 0 Å². The van der Waals surface area contributed by atoms with Gasteiger partial charge in [-0.2, -0.15) is 0 Å². The molecule has 0 aliphatic heterocycles. The van der Waals surface area contributed by atoms with Gasteiger partial charge in [0.05, 0.1) is 0 Å². The van der Waals surface area contributed by atoms with Crippen molar-refractivity contribution in [3.05, 3.63) is 85.1 Å². The maximum absolute atomic E-state index is 12.9. The third-order valence-corrected chi connectivity index (χ3v) is 13.4. The molecule has 0 aliphatic carbocycles. The number of esters is 3. The van der Waals surface area contributed by atoms with E-state index in [0.29, 0.717) is 19.3 Å². The minimum Gasteiger partial charge on any atom is -0.462 e. The normalized spacial score (nSPS) is 12.6. The van der Waals surface area contributed by atoms with Crippen LogP contribution in [0.5, 0.6) is 0 Å². The number of rotatable bonds is 56. The fraction of sp³-hybridized carbons (Fsp3) is 0.746. The molecular formula is C67H116O6. The van der Waals surface area contributed by atoms with Crippen molar-refractivity contribution in [2.75, 3.05) is 13.2 Å². The van der Waals surface area contributed by atoms with Crippen molar-refractivity contribution in [1.29, 1.82) is 0 Å². The van der Waals surface area contributed by atoms with Crippen molar-refractivity contribution < 1.29 is 28.6 Å². The lowest BCUT2D eigenvalue weighted by molar-refractivity contribution is -0.166. The van der Waals surface area contributed by atoms with Gasteiger partial charge in [0.2, 0.25) is 0 Å². The summed E-state index contributed by atoms with van der Waals surface area (Å²) in [6, 6.07) is 0. The molecule has 0 aromatic rings. The number of hydrogen-bond donors (Lipinski definition) is 0. The first-order chi connectivity index (χ1) is 36.0. The van der Waals surface area contributed by atoms with Crippen LogP contribution in [0.3, 0.4) is 0 Å². The lowest BCUT2D eigenvalue weighted by atomic mass is 10.0.